The molecule has 0 bridgehead atoms. The Hall–Kier alpha value is -2.79. The first-order valence-corrected chi connectivity index (χ1v) is 16.5. The van der Waals surface area contributed by atoms with Crippen molar-refractivity contribution in [2.45, 2.75) is 115 Å². The van der Waals surface area contributed by atoms with E-state index >= 15 is 8.78 Å². The van der Waals surface area contributed by atoms with E-state index < -0.39 is 82.7 Å². The predicted octanol–water partition coefficient (Wildman–Crippen LogP) is 5.12. The summed E-state index contributed by atoms with van der Waals surface area (Å²) in [6, 6.07) is 7.25. The zero-order valence-corrected chi connectivity index (χ0v) is 27.2. The Morgan fingerprint density at radius 3 is 2.54 bits per heavy atom. The lowest BCUT2D eigenvalue weighted by atomic mass is 9.44. The van der Waals surface area contributed by atoms with Gasteiger partial charge in [-0.05, 0) is 73.9 Å². The van der Waals surface area contributed by atoms with Crippen LogP contribution >= 0.6 is 0 Å². The van der Waals surface area contributed by atoms with Gasteiger partial charge in [0.1, 0.15) is 6.17 Å². The van der Waals surface area contributed by atoms with Gasteiger partial charge in [-0.25, -0.2) is 13.6 Å². The molecule has 6 rings (SSSR count). The number of carbonyl (C=O) groups excluding carboxylic acids is 3. The lowest BCUT2D eigenvalue weighted by Gasteiger charge is -2.63. The molecule has 4 aliphatic carbocycles. The van der Waals surface area contributed by atoms with Crippen molar-refractivity contribution in [2.24, 2.45) is 22.7 Å². The van der Waals surface area contributed by atoms with Crippen molar-refractivity contribution in [3.8, 4) is 0 Å². The van der Waals surface area contributed by atoms with Gasteiger partial charge in [0.2, 0.25) is 5.78 Å². The summed E-state index contributed by atoms with van der Waals surface area (Å²) in [5.74, 6) is -3.19. The number of Topliss-reactive ketones (excluding diaryl/α,β-unsaturated/α-hetero) is 1. The molecule has 1 aliphatic heterocycles. The van der Waals surface area contributed by atoms with Crippen LogP contribution in [-0.2, 0) is 30.3 Å². The van der Waals surface area contributed by atoms with Crippen LogP contribution in [-0.4, -0.2) is 71.2 Å². The minimum absolute atomic E-state index is 0.0389. The second-order valence-electron chi connectivity index (χ2n) is 14.5. The van der Waals surface area contributed by atoms with Crippen molar-refractivity contribution in [1.82, 2.24) is 5.32 Å². The molecule has 1 aromatic rings. The van der Waals surface area contributed by atoms with Crippen molar-refractivity contribution in [1.29, 1.82) is 0 Å². The number of ketones is 2. The highest BCUT2D eigenvalue weighted by Crippen LogP contribution is 2.72. The van der Waals surface area contributed by atoms with Crippen molar-refractivity contribution >= 4 is 17.5 Å². The van der Waals surface area contributed by atoms with Crippen molar-refractivity contribution < 1.29 is 42.5 Å². The number of aliphatic hydroxyl groups is 1. The number of fused-ring (bicyclic) bond motifs is 7. The van der Waals surface area contributed by atoms with Gasteiger partial charge in [0.05, 0.1) is 17.8 Å². The molecular formula is C36H45F2NO7. The summed E-state index contributed by atoms with van der Waals surface area (Å²) in [7, 11) is 0. The molecule has 1 unspecified atom stereocenters. The smallest absolute Gasteiger partial charge is 0.338 e. The van der Waals surface area contributed by atoms with Gasteiger partial charge in [-0.1, -0.05) is 52.3 Å². The molecule has 1 aromatic carbocycles. The molecule has 0 spiro atoms. The van der Waals surface area contributed by atoms with Gasteiger partial charge in [0.25, 0.3) is 0 Å². The molecule has 250 valence electrons. The van der Waals surface area contributed by atoms with Crippen LogP contribution < -0.4 is 5.32 Å². The Labute approximate surface area is 268 Å². The second kappa shape index (κ2) is 11.7. The molecular weight excluding hydrogens is 596 g/mol. The quantitative estimate of drug-likeness (QED) is 0.358. The maximum Gasteiger partial charge on any atom is 0.338 e. The highest BCUT2D eigenvalue weighted by atomic mass is 19.1. The standard InChI is InChI=1S/C36H45F2NO7/c1-6-7-31-45-30-16-24-25-15-27(37)26-14-23(40)12-13-33(26,4)35(25,38)28(41)17-34(24,5)36(30,46-31)29(42)19-44-32(43)22-10-8-21(9-11-22)18-39-20(2)3/h8-14,20,24-25,27-28,30-31,39,41H,6-7,15-19H2,1-5H3/t24-,25-,27-,28-,30+,31?,33-,34-,35-,36+/m0/s1. The molecule has 46 heavy (non-hydrogen) atoms. The summed E-state index contributed by atoms with van der Waals surface area (Å²) in [6.07, 6.45) is 0.148. The monoisotopic (exact) mass is 641 g/mol. The summed E-state index contributed by atoms with van der Waals surface area (Å²) in [6.45, 7) is 9.44. The first kappa shape index (κ1) is 33.1. The summed E-state index contributed by atoms with van der Waals surface area (Å²) in [5, 5.41) is 15.1. The van der Waals surface area contributed by atoms with Gasteiger partial charge < -0.3 is 24.6 Å². The number of halogens is 2. The molecule has 8 nitrogen and oxygen atoms in total. The molecule has 3 saturated carbocycles. The van der Waals surface area contributed by atoms with E-state index in [1.807, 2.05) is 32.9 Å². The number of hydrogen-bond acceptors (Lipinski definition) is 8. The van der Waals surface area contributed by atoms with Gasteiger partial charge in [-0.3, -0.25) is 9.59 Å². The Morgan fingerprint density at radius 2 is 1.87 bits per heavy atom. The normalized spacial score (nSPS) is 41.0. The Balaban J connectivity index is 1.28. The van der Waals surface area contributed by atoms with Crippen LogP contribution in [0.25, 0.3) is 0 Å². The summed E-state index contributed by atoms with van der Waals surface area (Å²) < 4.78 is 51.9. The van der Waals surface area contributed by atoms with Gasteiger partial charge >= 0.3 is 5.97 Å². The Bertz CT molecular complexity index is 1460. The third kappa shape index (κ3) is 4.77. The van der Waals surface area contributed by atoms with E-state index in [1.165, 1.54) is 12.2 Å². The molecule has 0 amide bonds. The van der Waals surface area contributed by atoms with E-state index in [4.69, 9.17) is 14.2 Å². The number of nitrogens with one attached hydrogen (secondary N) is 1. The molecule has 5 aliphatic rings. The topological polar surface area (TPSA) is 111 Å². The van der Waals surface area contributed by atoms with E-state index in [0.29, 0.717) is 24.6 Å². The van der Waals surface area contributed by atoms with Crippen molar-refractivity contribution in [3.63, 3.8) is 0 Å². The van der Waals surface area contributed by atoms with E-state index in [9.17, 15) is 19.5 Å². The number of carbonyl (C=O) groups is 3. The Morgan fingerprint density at radius 1 is 1.15 bits per heavy atom. The number of ether oxygens (including phenoxy) is 3. The van der Waals surface area contributed by atoms with Crippen molar-refractivity contribution in [2.75, 3.05) is 6.61 Å². The molecule has 2 N–H and O–H groups in total. The van der Waals surface area contributed by atoms with Crippen LogP contribution in [0, 0.1) is 22.7 Å². The number of aliphatic hydroxyl groups excluding tert-OH is 1. The SMILES string of the molecule is CCCC1O[C@@H]2C[C@H]3[C@@H]4C[C@H](F)C5=CC(=O)C=C[C@]5(C)[C@@]4(F)[C@@H](O)C[C@]3(C)[C@]2(C(=O)COC(=O)c2ccc(CNC(C)C)cc2)O1. The van der Waals surface area contributed by atoms with E-state index in [-0.39, 0.29) is 24.8 Å². The molecule has 1 heterocycles. The van der Waals surface area contributed by atoms with Gasteiger partial charge in [-0.15, -0.1) is 0 Å². The zero-order valence-electron chi connectivity index (χ0n) is 27.2. The predicted molar refractivity (Wildman–Crippen MR) is 165 cm³/mol. The van der Waals surface area contributed by atoms with Crippen LogP contribution in [0.4, 0.5) is 8.78 Å². The van der Waals surface area contributed by atoms with Crippen LogP contribution in [0.1, 0.15) is 82.6 Å². The van der Waals surface area contributed by atoms with E-state index in [1.54, 1.807) is 26.0 Å². The van der Waals surface area contributed by atoms with Crippen LogP contribution in [0.2, 0.25) is 0 Å². The fraction of sp³-hybridized carbons (Fsp3) is 0.639. The molecule has 10 heteroatoms. The number of esters is 1. The highest BCUT2D eigenvalue weighted by molar-refractivity contribution is 6.01. The van der Waals surface area contributed by atoms with Crippen LogP contribution in [0.5, 0.6) is 0 Å². The fourth-order valence-electron chi connectivity index (χ4n) is 9.29. The van der Waals surface area contributed by atoms with Crippen LogP contribution in [0.15, 0.2) is 48.1 Å². The minimum atomic E-state index is -2.29. The average molecular weight is 642 g/mol. The number of hydrogen-bond donors (Lipinski definition) is 2. The minimum Gasteiger partial charge on any atom is -0.454 e. The van der Waals surface area contributed by atoms with Gasteiger partial charge in [-0.2, -0.15) is 0 Å². The summed E-state index contributed by atoms with van der Waals surface area (Å²) in [5.41, 5.74) is -5.29. The Kier molecular flexibility index (Phi) is 8.44. The third-order valence-electron chi connectivity index (χ3n) is 11.6. The number of allylic oxidation sites excluding steroid dienone is 4. The average Bonchev–Trinajstić information content (AvgIpc) is 3.49. The molecule has 4 fully saturated rings. The van der Waals surface area contributed by atoms with E-state index in [2.05, 4.69) is 5.32 Å². The molecule has 0 aromatic heterocycles. The molecule has 10 atom stereocenters. The van der Waals surface area contributed by atoms with Gasteiger partial charge in [0.15, 0.2) is 29.9 Å². The molecule has 0 radical (unpaired) electrons. The maximum atomic E-state index is 17.6. The third-order valence-corrected chi connectivity index (χ3v) is 11.6. The number of alkyl halides is 2. The molecule has 1 saturated heterocycles. The summed E-state index contributed by atoms with van der Waals surface area (Å²) >= 11 is 0. The zero-order chi connectivity index (χ0) is 33.2. The lowest BCUT2D eigenvalue weighted by Crippen LogP contribution is -2.71. The highest BCUT2D eigenvalue weighted by Gasteiger charge is 2.80. The number of rotatable bonds is 9. The largest absolute Gasteiger partial charge is 0.454 e. The first-order valence-electron chi connectivity index (χ1n) is 16.5. The van der Waals surface area contributed by atoms with Crippen molar-refractivity contribution in [3.05, 3.63) is 59.2 Å². The maximum absolute atomic E-state index is 17.6. The fourth-order valence-corrected chi connectivity index (χ4v) is 9.29. The number of benzene rings is 1. The van der Waals surface area contributed by atoms with Gasteiger partial charge in [0, 0.05) is 29.3 Å². The second-order valence-corrected chi connectivity index (χ2v) is 14.5. The lowest BCUT2D eigenvalue weighted by molar-refractivity contribution is -0.234. The van der Waals surface area contributed by atoms with E-state index in [0.717, 1.165) is 18.1 Å². The van der Waals surface area contributed by atoms with Crippen LogP contribution in [0.3, 0.4) is 0 Å². The summed E-state index contributed by atoms with van der Waals surface area (Å²) in [4.78, 5) is 39.5. The first-order chi connectivity index (χ1) is 21.7.